The molecule has 0 fully saturated rings. The summed E-state index contributed by atoms with van der Waals surface area (Å²) in [4.78, 5) is 0. The Balaban J connectivity index is 2.50. The predicted octanol–water partition coefficient (Wildman–Crippen LogP) is -0.0489. The lowest BCUT2D eigenvalue weighted by Crippen LogP contribution is -1.85. The average Bonchev–Trinajstić information content (AvgIpc) is 2.19. The van der Waals surface area contributed by atoms with Crippen LogP contribution >= 0.6 is 0 Å². The third-order valence-corrected chi connectivity index (χ3v) is 0.757. The second-order valence-electron chi connectivity index (χ2n) is 1.39. The smallest absolute Gasteiger partial charge is 0.108 e. The fourth-order valence-corrected chi connectivity index (χ4v) is 0.443. The van der Waals surface area contributed by atoms with Crippen LogP contribution in [0.2, 0.25) is 0 Å². The van der Waals surface area contributed by atoms with Crippen molar-refractivity contribution in [3.05, 3.63) is 11.9 Å². The highest BCUT2D eigenvalue weighted by Crippen LogP contribution is 1.88. The molecule has 0 atom stereocenters. The van der Waals surface area contributed by atoms with Crippen molar-refractivity contribution in [2.45, 2.75) is 6.61 Å². The second kappa shape index (κ2) is 2.42. The van der Waals surface area contributed by atoms with Crippen LogP contribution in [0.1, 0.15) is 5.69 Å². The summed E-state index contributed by atoms with van der Waals surface area (Å²) in [5.74, 6) is 0. The lowest BCUT2D eigenvalue weighted by atomic mass is 10.5. The van der Waals surface area contributed by atoms with E-state index in [-0.39, 0.29) is 0 Å². The maximum atomic E-state index is 4.76. The van der Waals surface area contributed by atoms with Gasteiger partial charge in [0.1, 0.15) is 5.69 Å². The first-order valence-electron chi connectivity index (χ1n) is 2.27. The Bertz CT molecular complexity index is 137. The van der Waals surface area contributed by atoms with Crippen molar-refractivity contribution in [1.29, 1.82) is 0 Å². The predicted molar refractivity (Wildman–Crippen MR) is 27.1 cm³/mol. The standard InChI is InChI=1S/C4H7N3O/c1-8-3-4-2-5-7-6-4/h2H,3H2,1H3,(H,5,6,7). The van der Waals surface area contributed by atoms with E-state index in [1.165, 1.54) is 0 Å². The topological polar surface area (TPSA) is 50.8 Å². The lowest BCUT2D eigenvalue weighted by molar-refractivity contribution is 0.181. The molecule has 1 aromatic rings. The molecular formula is C4H7N3O. The van der Waals surface area contributed by atoms with Gasteiger partial charge in [-0.05, 0) is 0 Å². The normalized spacial score (nSPS) is 9.62. The molecule has 0 amide bonds. The molecule has 4 heteroatoms. The average molecular weight is 113 g/mol. The van der Waals surface area contributed by atoms with E-state index in [1.54, 1.807) is 13.3 Å². The van der Waals surface area contributed by atoms with Gasteiger partial charge in [0, 0.05) is 7.11 Å². The zero-order valence-corrected chi connectivity index (χ0v) is 4.59. The first kappa shape index (κ1) is 5.24. The van der Waals surface area contributed by atoms with Crippen LogP contribution in [0.5, 0.6) is 0 Å². The molecule has 8 heavy (non-hydrogen) atoms. The van der Waals surface area contributed by atoms with Gasteiger partial charge in [-0.1, -0.05) is 0 Å². The molecule has 1 heterocycles. The SMILES string of the molecule is COCc1cn[nH]n1. The summed E-state index contributed by atoms with van der Waals surface area (Å²) in [5.41, 5.74) is 0.826. The largest absolute Gasteiger partial charge is 0.378 e. The Morgan fingerprint density at radius 3 is 3.25 bits per heavy atom. The molecule has 0 radical (unpaired) electrons. The highest BCUT2D eigenvalue weighted by Gasteiger charge is 1.89. The van der Waals surface area contributed by atoms with Crippen LogP contribution in [0.3, 0.4) is 0 Å². The molecule has 0 aliphatic heterocycles. The molecule has 0 bridgehead atoms. The summed E-state index contributed by atoms with van der Waals surface area (Å²) < 4.78 is 4.76. The maximum absolute atomic E-state index is 4.76. The summed E-state index contributed by atoms with van der Waals surface area (Å²) in [6.45, 7) is 0.524. The van der Waals surface area contributed by atoms with E-state index in [9.17, 15) is 0 Å². The molecule has 0 unspecified atom stereocenters. The van der Waals surface area contributed by atoms with E-state index in [2.05, 4.69) is 15.4 Å². The second-order valence-corrected chi connectivity index (χ2v) is 1.39. The summed E-state index contributed by atoms with van der Waals surface area (Å²) in [5, 5.41) is 9.80. The Labute approximate surface area is 46.9 Å². The third kappa shape index (κ3) is 1.04. The minimum absolute atomic E-state index is 0.524. The molecule has 1 aromatic heterocycles. The zero-order valence-electron chi connectivity index (χ0n) is 4.59. The van der Waals surface area contributed by atoms with Crippen LogP contribution in [-0.4, -0.2) is 22.5 Å². The molecule has 0 saturated carbocycles. The quantitative estimate of drug-likeness (QED) is 0.585. The van der Waals surface area contributed by atoms with Gasteiger partial charge in [0.05, 0.1) is 12.8 Å². The Morgan fingerprint density at radius 2 is 2.75 bits per heavy atom. The zero-order chi connectivity index (χ0) is 5.82. The van der Waals surface area contributed by atoms with Crippen molar-refractivity contribution in [2.75, 3.05) is 7.11 Å². The van der Waals surface area contributed by atoms with Gasteiger partial charge in [0.15, 0.2) is 0 Å². The van der Waals surface area contributed by atoms with Crippen LogP contribution in [-0.2, 0) is 11.3 Å². The highest BCUT2D eigenvalue weighted by atomic mass is 16.5. The molecule has 0 aliphatic rings. The van der Waals surface area contributed by atoms with E-state index in [4.69, 9.17) is 4.74 Å². The minimum Gasteiger partial charge on any atom is -0.378 e. The van der Waals surface area contributed by atoms with Crippen molar-refractivity contribution < 1.29 is 4.74 Å². The van der Waals surface area contributed by atoms with E-state index in [1.807, 2.05) is 0 Å². The first-order valence-corrected chi connectivity index (χ1v) is 2.27. The molecule has 1 N–H and O–H groups in total. The summed E-state index contributed by atoms with van der Waals surface area (Å²) >= 11 is 0. The number of H-pyrrole nitrogens is 1. The van der Waals surface area contributed by atoms with E-state index < -0.39 is 0 Å². The Morgan fingerprint density at radius 1 is 1.88 bits per heavy atom. The van der Waals surface area contributed by atoms with Crippen LogP contribution in [0, 0.1) is 0 Å². The summed E-state index contributed by atoms with van der Waals surface area (Å²) in [7, 11) is 1.62. The van der Waals surface area contributed by atoms with Gasteiger partial charge in [0.25, 0.3) is 0 Å². The van der Waals surface area contributed by atoms with Gasteiger partial charge in [0.2, 0.25) is 0 Å². The fourth-order valence-electron chi connectivity index (χ4n) is 0.443. The van der Waals surface area contributed by atoms with Crippen molar-refractivity contribution in [3.63, 3.8) is 0 Å². The van der Waals surface area contributed by atoms with Gasteiger partial charge in [-0.25, -0.2) is 0 Å². The summed E-state index contributed by atoms with van der Waals surface area (Å²) in [6.07, 6.45) is 1.63. The van der Waals surface area contributed by atoms with Crippen molar-refractivity contribution >= 4 is 0 Å². The maximum Gasteiger partial charge on any atom is 0.108 e. The lowest BCUT2D eigenvalue weighted by Gasteiger charge is -1.86. The van der Waals surface area contributed by atoms with Crippen LogP contribution in [0.4, 0.5) is 0 Å². The number of aromatic nitrogens is 3. The van der Waals surface area contributed by atoms with Gasteiger partial charge >= 0.3 is 0 Å². The number of rotatable bonds is 2. The molecule has 0 saturated heterocycles. The minimum atomic E-state index is 0.524. The Hall–Kier alpha value is -0.900. The number of hydrogen-bond donors (Lipinski definition) is 1. The van der Waals surface area contributed by atoms with Gasteiger partial charge in [-0.2, -0.15) is 15.4 Å². The van der Waals surface area contributed by atoms with Gasteiger partial charge < -0.3 is 4.74 Å². The van der Waals surface area contributed by atoms with E-state index in [0.717, 1.165) is 5.69 Å². The number of methoxy groups -OCH3 is 1. The number of hydrogen-bond acceptors (Lipinski definition) is 3. The number of nitrogens with zero attached hydrogens (tertiary/aromatic N) is 2. The van der Waals surface area contributed by atoms with Crippen LogP contribution in [0.15, 0.2) is 6.20 Å². The molecule has 1 rings (SSSR count). The molecule has 44 valence electrons. The molecule has 4 nitrogen and oxygen atoms in total. The van der Waals surface area contributed by atoms with E-state index in [0.29, 0.717) is 6.61 Å². The molecule has 0 aliphatic carbocycles. The number of aromatic amines is 1. The number of ether oxygens (including phenoxy) is 1. The fraction of sp³-hybridized carbons (Fsp3) is 0.500. The monoisotopic (exact) mass is 113 g/mol. The van der Waals surface area contributed by atoms with Crippen molar-refractivity contribution in [1.82, 2.24) is 15.4 Å². The third-order valence-electron chi connectivity index (χ3n) is 0.757. The molecule has 0 spiro atoms. The van der Waals surface area contributed by atoms with Crippen molar-refractivity contribution in [2.24, 2.45) is 0 Å². The first-order chi connectivity index (χ1) is 3.93. The number of nitrogens with one attached hydrogen (secondary N) is 1. The van der Waals surface area contributed by atoms with Crippen LogP contribution in [0.25, 0.3) is 0 Å². The Kier molecular flexibility index (Phi) is 1.58. The molecular weight excluding hydrogens is 106 g/mol. The molecule has 0 aromatic carbocycles. The van der Waals surface area contributed by atoms with Gasteiger partial charge in [-0.3, -0.25) is 0 Å². The summed E-state index contributed by atoms with van der Waals surface area (Å²) in [6, 6.07) is 0. The van der Waals surface area contributed by atoms with Gasteiger partial charge in [-0.15, -0.1) is 0 Å². The van der Waals surface area contributed by atoms with Crippen LogP contribution < -0.4 is 0 Å². The van der Waals surface area contributed by atoms with Crippen molar-refractivity contribution in [3.8, 4) is 0 Å². The van der Waals surface area contributed by atoms with E-state index >= 15 is 0 Å². The highest BCUT2D eigenvalue weighted by molar-refractivity contribution is 4.86.